The predicted molar refractivity (Wildman–Crippen MR) is 330 cm³/mol. The number of alkyl carbamates (subject to hydrolysis) is 2. The highest BCUT2D eigenvalue weighted by Gasteiger charge is 2.82. The van der Waals surface area contributed by atoms with Gasteiger partial charge in [0, 0.05) is 23.7 Å². The van der Waals surface area contributed by atoms with Gasteiger partial charge in [-0.25, -0.2) is 9.59 Å². The summed E-state index contributed by atoms with van der Waals surface area (Å²) in [6.07, 6.45) is 25.1. The minimum absolute atomic E-state index is 0.00637. The topological polar surface area (TPSA) is 199 Å². The summed E-state index contributed by atoms with van der Waals surface area (Å²) >= 11 is 0. The quantitative estimate of drug-likeness (QED) is 0.0288. The van der Waals surface area contributed by atoms with Crippen molar-refractivity contribution >= 4 is 41.8 Å². The molecular formula is C69H118N2O13. The summed E-state index contributed by atoms with van der Waals surface area (Å²) in [6, 6.07) is 0. The molecule has 0 bridgehead atoms. The summed E-state index contributed by atoms with van der Waals surface area (Å²) in [5.41, 5.74) is -6.25. The van der Waals surface area contributed by atoms with E-state index in [1.54, 1.807) is 62.3 Å². The molecule has 0 aromatic rings. The predicted octanol–water partition coefficient (Wildman–Crippen LogP) is 16.1. The Hall–Kier alpha value is -4.17. The van der Waals surface area contributed by atoms with E-state index >= 15 is 0 Å². The first-order valence-corrected chi connectivity index (χ1v) is 32.9. The molecule has 0 saturated heterocycles. The molecule has 0 heterocycles. The first-order valence-electron chi connectivity index (χ1n) is 32.9. The average molecular weight is 1180 g/mol. The van der Waals surface area contributed by atoms with Crippen LogP contribution in [0.3, 0.4) is 0 Å². The second-order valence-corrected chi connectivity index (χ2v) is 30.3. The fraction of sp³-hybridized carbons (Fsp3) is 0.870. The Morgan fingerprint density at radius 3 is 1.51 bits per heavy atom. The molecule has 2 N–H and O–H groups in total. The molecule has 11 atom stereocenters. The molecule has 2 amide bonds. The van der Waals surface area contributed by atoms with Gasteiger partial charge in [0.25, 0.3) is 0 Å². The summed E-state index contributed by atoms with van der Waals surface area (Å²) in [7, 11) is 0. The molecule has 15 heteroatoms. The van der Waals surface area contributed by atoms with Crippen molar-refractivity contribution in [3.8, 4) is 0 Å². The van der Waals surface area contributed by atoms with Gasteiger partial charge in [-0.2, -0.15) is 0 Å². The SMILES string of the molecule is CCCCCCCC/C=C\CCCCCCCCCC(=O)CC[C@@H](C)[C@H]1CC[C@]2(C)[C@]1(C)[C@@H](OC(=O)CCC(=O)OC(C)(C)C)C[C@]1(C)[C@@]3(C)CC[C@@H](OC(=O)CNC(=O)OC(C)(C)C)C[C@@]3(C)C[C@@H](OC(=O)CNC(=O)OC(C)(C)C)[C@@]21C. The third-order valence-corrected chi connectivity index (χ3v) is 21.1. The second kappa shape index (κ2) is 30.6. The summed E-state index contributed by atoms with van der Waals surface area (Å²) in [5, 5.41) is 5.14. The lowest BCUT2D eigenvalue weighted by molar-refractivity contribution is -0.346. The minimum Gasteiger partial charge on any atom is -0.462 e. The molecule has 4 fully saturated rings. The molecule has 4 saturated carbocycles. The van der Waals surface area contributed by atoms with Crippen molar-refractivity contribution in [1.29, 1.82) is 0 Å². The van der Waals surface area contributed by atoms with Crippen LogP contribution in [0.2, 0.25) is 0 Å². The van der Waals surface area contributed by atoms with Crippen LogP contribution in [0, 0.1) is 44.3 Å². The number of amides is 2. The van der Waals surface area contributed by atoms with Crippen LogP contribution in [0.15, 0.2) is 12.2 Å². The van der Waals surface area contributed by atoms with Gasteiger partial charge in [0.15, 0.2) is 0 Å². The summed E-state index contributed by atoms with van der Waals surface area (Å²) in [5.74, 6) is -1.83. The van der Waals surface area contributed by atoms with Crippen molar-refractivity contribution in [2.24, 2.45) is 44.3 Å². The number of ether oxygens (including phenoxy) is 6. The number of Topliss-reactive ketones (excluding diaryl/α,β-unsaturated/α-hetero) is 1. The molecule has 84 heavy (non-hydrogen) atoms. The number of unbranched alkanes of at least 4 members (excludes halogenated alkanes) is 13. The van der Waals surface area contributed by atoms with Crippen LogP contribution in [0.1, 0.15) is 291 Å². The van der Waals surface area contributed by atoms with E-state index in [0.29, 0.717) is 51.4 Å². The number of esters is 4. The van der Waals surface area contributed by atoms with Crippen molar-refractivity contribution in [3.63, 3.8) is 0 Å². The summed E-state index contributed by atoms with van der Waals surface area (Å²) < 4.78 is 36.3. The Morgan fingerprint density at radius 2 is 0.976 bits per heavy atom. The number of carbonyl (C=O) groups is 7. The van der Waals surface area contributed by atoms with Crippen LogP contribution in [-0.2, 0) is 52.4 Å². The number of ketones is 1. The van der Waals surface area contributed by atoms with Gasteiger partial charge in [0.2, 0.25) is 0 Å². The van der Waals surface area contributed by atoms with Crippen molar-refractivity contribution in [1.82, 2.24) is 10.6 Å². The van der Waals surface area contributed by atoms with Gasteiger partial charge in [-0.15, -0.1) is 0 Å². The second-order valence-electron chi connectivity index (χ2n) is 30.3. The third kappa shape index (κ3) is 18.9. The van der Waals surface area contributed by atoms with E-state index in [1.165, 1.54) is 70.6 Å². The van der Waals surface area contributed by atoms with Crippen molar-refractivity contribution < 1.29 is 62.0 Å². The lowest BCUT2D eigenvalue weighted by Gasteiger charge is -2.79. The standard InChI is InChI=1S/C69H118N2O13/c1-18-19-20-21-22-23-24-25-26-27-28-29-30-31-32-33-34-35-50(72)37-36-49(2)52-41-43-66(14)68(52,16)53(80-55(73)38-39-56(74)82-61(3,4)5)46-67(15)65(13)42-40-51(79-57(75)47-70-59(77)83-62(6,7)8)44-64(65,12)45-54(69(66,67)17)81-58(76)48-71-60(78)84-63(9,10)11/h25-26,49,51-54H,18-24,27-48H2,1-17H3,(H,70,77)(H,71,78)/b26-25-/t49-,51-,52-,53+,54-,64+,65+,66-,67-,68+,69+/m1/s1. The van der Waals surface area contributed by atoms with Crippen LogP contribution in [-0.4, -0.2) is 90.1 Å². The number of rotatable bonds is 31. The molecule has 0 aromatic heterocycles. The van der Waals surface area contributed by atoms with Crippen LogP contribution in [0.4, 0.5) is 9.59 Å². The van der Waals surface area contributed by atoms with Crippen LogP contribution in [0.5, 0.6) is 0 Å². The van der Waals surface area contributed by atoms with Gasteiger partial charge in [-0.3, -0.25) is 24.0 Å². The maximum absolute atomic E-state index is 14.4. The van der Waals surface area contributed by atoms with Gasteiger partial charge in [0.1, 0.15) is 54.0 Å². The van der Waals surface area contributed by atoms with E-state index in [4.69, 9.17) is 28.4 Å². The van der Waals surface area contributed by atoms with Crippen molar-refractivity contribution in [2.75, 3.05) is 13.1 Å². The third-order valence-electron chi connectivity index (χ3n) is 21.1. The number of carbonyl (C=O) groups excluding carboxylic acids is 7. The number of allylic oxidation sites excluding steroid dienone is 2. The maximum atomic E-state index is 14.4. The number of nitrogens with one attached hydrogen (secondary N) is 2. The van der Waals surface area contributed by atoms with E-state index in [1.807, 2.05) is 0 Å². The Kier molecular flexibility index (Phi) is 26.4. The molecule has 4 aliphatic carbocycles. The van der Waals surface area contributed by atoms with Gasteiger partial charge >= 0.3 is 36.1 Å². The van der Waals surface area contributed by atoms with E-state index in [9.17, 15) is 33.6 Å². The zero-order chi connectivity index (χ0) is 63.0. The zero-order valence-corrected chi connectivity index (χ0v) is 55.9. The highest BCUT2D eigenvalue weighted by Crippen LogP contribution is 2.84. The lowest BCUT2D eigenvalue weighted by atomic mass is 9.26. The van der Waals surface area contributed by atoms with Gasteiger partial charge in [-0.1, -0.05) is 132 Å². The van der Waals surface area contributed by atoms with Gasteiger partial charge in [0.05, 0.1) is 12.8 Å². The molecule has 0 radical (unpaired) electrons. The van der Waals surface area contributed by atoms with Gasteiger partial charge in [-0.05, 0) is 179 Å². The fourth-order valence-corrected chi connectivity index (χ4v) is 16.1. The summed E-state index contributed by atoms with van der Waals surface area (Å²) in [4.78, 5) is 94.4. The number of hydrogen-bond donors (Lipinski definition) is 2. The number of hydrogen-bond acceptors (Lipinski definition) is 13. The Labute approximate surface area is 508 Å². The zero-order valence-electron chi connectivity index (χ0n) is 55.9. The number of fused-ring (bicyclic) bond motifs is 5. The average Bonchev–Trinajstić information content (AvgIpc) is 1.11. The van der Waals surface area contributed by atoms with Crippen molar-refractivity contribution in [3.05, 3.63) is 12.2 Å². The molecule has 15 nitrogen and oxygen atoms in total. The highest BCUT2D eigenvalue weighted by molar-refractivity contribution is 5.80. The van der Waals surface area contributed by atoms with Crippen LogP contribution >= 0.6 is 0 Å². The lowest BCUT2D eigenvalue weighted by Crippen LogP contribution is -2.78. The molecule has 0 unspecified atom stereocenters. The van der Waals surface area contributed by atoms with Crippen LogP contribution in [0.25, 0.3) is 0 Å². The van der Waals surface area contributed by atoms with E-state index in [-0.39, 0.29) is 37.0 Å². The van der Waals surface area contributed by atoms with Crippen molar-refractivity contribution in [2.45, 2.75) is 326 Å². The van der Waals surface area contributed by atoms with E-state index in [2.05, 4.69) is 78.2 Å². The molecule has 4 rings (SSSR count). The largest absolute Gasteiger partial charge is 0.462 e. The molecule has 0 aromatic carbocycles. The molecule has 482 valence electrons. The molecular weight excluding hydrogens is 1060 g/mol. The van der Waals surface area contributed by atoms with E-state index < -0.39 is 110 Å². The Balaban J connectivity index is 1.59. The highest BCUT2D eigenvalue weighted by atomic mass is 16.6. The molecule has 0 aliphatic heterocycles. The first kappa shape index (κ1) is 72.3. The normalized spacial score (nSPS) is 29.8. The maximum Gasteiger partial charge on any atom is 0.408 e. The Bertz CT molecular complexity index is 2230. The Morgan fingerprint density at radius 1 is 0.500 bits per heavy atom. The molecule has 4 aliphatic rings. The van der Waals surface area contributed by atoms with E-state index in [0.717, 1.165) is 38.5 Å². The smallest absolute Gasteiger partial charge is 0.408 e. The van der Waals surface area contributed by atoms with Gasteiger partial charge < -0.3 is 39.1 Å². The molecule has 0 spiro atoms. The fourth-order valence-electron chi connectivity index (χ4n) is 16.1. The van der Waals surface area contributed by atoms with Crippen LogP contribution < -0.4 is 10.6 Å². The monoisotopic (exact) mass is 1180 g/mol. The first-order chi connectivity index (χ1) is 39.0. The minimum atomic E-state index is -0.789. The summed E-state index contributed by atoms with van der Waals surface area (Å²) in [6.45, 7) is 33.2.